The average Bonchev–Trinajstić information content (AvgIpc) is 2.58. The summed E-state index contributed by atoms with van der Waals surface area (Å²) in [6, 6.07) is 15.9. The lowest BCUT2D eigenvalue weighted by molar-refractivity contribution is -0.120. The fourth-order valence-corrected chi connectivity index (χ4v) is 2.94. The van der Waals surface area contributed by atoms with Crippen molar-refractivity contribution in [3.63, 3.8) is 0 Å². The van der Waals surface area contributed by atoms with Crippen LogP contribution in [0, 0.1) is 5.82 Å². The summed E-state index contributed by atoms with van der Waals surface area (Å²) in [6.45, 7) is 1.81. The van der Waals surface area contributed by atoms with E-state index >= 15 is 0 Å². The van der Waals surface area contributed by atoms with Crippen molar-refractivity contribution in [1.82, 2.24) is 5.32 Å². The Hall–Kier alpha value is -1.85. The van der Waals surface area contributed by atoms with Crippen LogP contribution < -0.4 is 5.32 Å². The molecule has 0 radical (unpaired) electrons. The van der Waals surface area contributed by atoms with Crippen molar-refractivity contribution in [3.05, 3.63) is 71.5 Å². The molecule has 2 aromatic carbocycles. The fourth-order valence-electron chi connectivity index (χ4n) is 2.07. The van der Waals surface area contributed by atoms with Gasteiger partial charge in [0.05, 0.1) is 11.4 Å². The first-order valence-corrected chi connectivity index (χ1v) is 8.48. The highest BCUT2D eigenvalue weighted by Crippen LogP contribution is 2.19. The van der Waals surface area contributed by atoms with Crippen LogP contribution in [-0.2, 0) is 10.5 Å². The number of halogens is 1. The molecule has 0 saturated heterocycles. The maximum absolute atomic E-state index is 13.6. The standard InChI is InChI=1S/C18H20FNO2S/c1-13(23-12-14-7-3-2-4-8-14)18(22)20-11-17(21)15-9-5-6-10-16(15)19/h2-10,13,17,21H,11-12H2,1H3,(H,20,22). The Balaban J connectivity index is 1.78. The summed E-state index contributed by atoms with van der Waals surface area (Å²) >= 11 is 1.52. The summed E-state index contributed by atoms with van der Waals surface area (Å²) in [5, 5.41) is 12.4. The molecule has 0 fully saturated rings. The Labute approximate surface area is 139 Å². The predicted molar refractivity (Wildman–Crippen MR) is 91.6 cm³/mol. The molecule has 5 heteroatoms. The van der Waals surface area contributed by atoms with Crippen molar-refractivity contribution in [2.75, 3.05) is 6.54 Å². The zero-order chi connectivity index (χ0) is 16.7. The van der Waals surface area contributed by atoms with E-state index in [4.69, 9.17) is 0 Å². The van der Waals surface area contributed by atoms with Crippen LogP contribution in [0.2, 0.25) is 0 Å². The van der Waals surface area contributed by atoms with Gasteiger partial charge in [0.2, 0.25) is 5.91 Å². The molecule has 1 amide bonds. The molecular formula is C18H20FNO2S. The number of benzene rings is 2. The van der Waals surface area contributed by atoms with Gasteiger partial charge in [-0.25, -0.2) is 4.39 Å². The van der Waals surface area contributed by atoms with Crippen LogP contribution in [0.4, 0.5) is 4.39 Å². The molecule has 2 N–H and O–H groups in total. The number of aliphatic hydroxyl groups excluding tert-OH is 1. The van der Waals surface area contributed by atoms with Gasteiger partial charge in [-0.15, -0.1) is 11.8 Å². The molecule has 0 spiro atoms. The number of thioether (sulfide) groups is 1. The zero-order valence-corrected chi connectivity index (χ0v) is 13.7. The molecular weight excluding hydrogens is 313 g/mol. The van der Waals surface area contributed by atoms with Crippen LogP contribution in [-0.4, -0.2) is 22.8 Å². The highest BCUT2D eigenvalue weighted by molar-refractivity contribution is 7.99. The number of hydrogen-bond donors (Lipinski definition) is 2. The van der Waals surface area contributed by atoms with E-state index in [0.29, 0.717) is 0 Å². The summed E-state index contributed by atoms with van der Waals surface area (Å²) in [6.07, 6.45) is -1.05. The average molecular weight is 333 g/mol. The molecule has 0 aliphatic heterocycles. The fraction of sp³-hybridized carbons (Fsp3) is 0.278. The third kappa shape index (κ3) is 5.37. The molecule has 122 valence electrons. The van der Waals surface area contributed by atoms with Gasteiger partial charge in [0.25, 0.3) is 0 Å². The van der Waals surface area contributed by atoms with Crippen LogP contribution >= 0.6 is 11.8 Å². The minimum absolute atomic E-state index is 0.00396. The number of carbonyl (C=O) groups is 1. The molecule has 0 aliphatic rings. The Bertz CT molecular complexity index is 636. The molecule has 0 bridgehead atoms. The summed E-state index contributed by atoms with van der Waals surface area (Å²) in [7, 11) is 0. The van der Waals surface area contributed by atoms with Gasteiger partial charge >= 0.3 is 0 Å². The number of amides is 1. The van der Waals surface area contributed by atoms with Crippen molar-refractivity contribution in [2.24, 2.45) is 0 Å². The summed E-state index contributed by atoms with van der Waals surface area (Å²) in [5.74, 6) is 0.104. The van der Waals surface area contributed by atoms with Gasteiger partial charge in [-0.05, 0) is 18.6 Å². The maximum atomic E-state index is 13.6. The van der Waals surface area contributed by atoms with E-state index in [-0.39, 0.29) is 23.3 Å². The molecule has 0 aromatic heterocycles. The molecule has 0 aliphatic carbocycles. The summed E-state index contributed by atoms with van der Waals surface area (Å²) in [5.41, 5.74) is 1.35. The SMILES string of the molecule is CC(SCc1ccccc1)C(=O)NCC(O)c1ccccc1F. The lowest BCUT2D eigenvalue weighted by Gasteiger charge is -2.16. The Morgan fingerprint density at radius 2 is 1.83 bits per heavy atom. The third-order valence-corrected chi connectivity index (χ3v) is 4.66. The largest absolute Gasteiger partial charge is 0.386 e. The lowest BCUT2D eigenvalue weighted by Crippen LogP contribution is -2.34. The normalized spacial score (nSPS) is 13.3. The first kappa shape index (κ1) is 17.5. The maximum Gasteiger partial charge on any atom is 0.232 e. The van der Waals surface area contributed by atoms with Gasteiger partial charge in [0.15, 0.2) is 0 Å². The minimum Gasteiger partial charge on any atom is -0.386 e. The Morgan fingerprint density at radius 1 is 1.17 bits per heavy atom. The number of nitrogens with one attached hydrogen (secondary N) is 1. The van der Waals surface area contributed by atoms with E-state index in [1.54, 1.807) is 12.1 Å². The second-order valence-corrected chi connectivity index (χ2v) is 6.55. The van der Waals surface area contributed by atoms with Gasteiger partial charge in [-0.1, -0.05) is 48.5 Å². The van der Waals surface area contributed by atoms with Gasteiger partial charge in [-0.3, -0.25) is 4.79 Å². The molecule has 0 heterocycles. The number of rotatable bonds is 7. The number of aliphatic hydroxyl groups is 1. The molecule has 0 saturated carbocycles. The summed E-state index contributed by atoms with van der Waals surface area (Å²) < 4.78 is 13.6. The third-order valence-electron chi connectivity index (χ3n) is 3.45. The molecule has 2 unspecified atom stereocenters. The van der Waals surface area contributed by atoms with Crippen molar-refractivity contribution >= 4 is 17.7 Å². The van der Waals surface area contributed by atoms with Crippen molar-refractivity contribution in [3.8, 4) is 0 Å². The van der Waals surface area contributed by atoms with E-state index in [1.807, 2.05) is 37.3 Å². The van der Waals surface area contributed by atoms with Crippen LogP contribution in [0.25, 0.3) is 0 Å². The molecule has 3 nitrogen and oxygen atoms in total. The van der Waals surface area contributed by atoms with E-state index < -0.39 is 11.9 Å². The van der Waals surface area contributed by atoms with Gasteiger partial charge in [0, 0.05) is 17.9 Å². The minimum atomic E-state index is -1.05. The highest BCUT2D eigenvalue weighted by atomic mass is 32.2. The van der Waals surface area contributed by atoms with Crippen LogP contribution in [0.5, 0.6) is 0 Å². The van der Waals surface area contributed by atoms with Crippen molar-refractivity contribution in [1.29, 1.82) is 0 Å². The first-order chi connectivity index (χ1) is 11.1. The van der Waals surface area contributed by atoms with Crippen LogP contribution in [0.1, 0.15) is 24.2 Å². The second-order valence-electron chi connectivity index (χ2n) is 5.22. The van der Waals surface area contributed by atoms with Crippen LogP contribution in [0.3, 0.4) is 0 Å². The highest BCUT2D eigenvalue weighted by Gasteiger charge is 2.17. The first-order valence-electron chi connectivity index (χ1n) is 7.43. The molecule has 23 heavy (non-hydrogen) atoms. The van der Waals surface area contributed by atoms with Crippen molar-refractivity contribution < 1.29 is 14.3 Å². The van der Waals surface area contributed by atoms with Crippen molar-refractivity contribution in [2.45, 2.75) is 24.0 Å². The molecule has 2 rings (SSSR count). The molecule has 2 aromatic rings. The smallest absolute Gasteiger partial charge is 0.232 e. The monoisotopic (exact) mass is 333 g/mol. The van der Waals surface area contributed by atoms with E-state index in [1.165, 1.54) is 23.9 Å². The zero-order valence-electron chi connectivity index (χ0n) is 12.9. The van der Waals surface area contributed by atoms with E-state index in [2.05, 4.69) is 5.32 Å². The summed E-state index contributed by atoms with van der Waals surface area (Å²) in [4.78, 5) is 12.0. The Morgan fingerprint density at radius 3 is 2.52 bits per heavy atom. The van der Waals surface area contributed by atoms with Gasteiger partial charge in [-0.2, -0.15) is 0 Å². The van der Waals surface area contributed by atoms with Gasteiger partial charge in [0.1, 0.15) is 5.82 Å². The Kier molecular flexibility index (Phi) is 6.62. The lowest BCUT2D eigenvalue weighted by atomic mass is 10.1. The quantitative estimate of drug-likeness (QED) is 0.817. The predicted octanol–water partition coefficient (Wildman–Crippen LogP) is 3.30. The topological polar surface area (TPSA) is 49.3 Å². The number of carbonyl (C=O) groups excluding carboxylic acids is 1. The second kappa shape index (κ2) is 8.70. The van der Waals surface area contributed by atoms with E-state index in [0.717, 1.165) is 11.3 Å². The number of hydrogen-bond acceptors (Lipinski definition) is 3. The van der Waals surface area contributed by atoms with Gasteiger partial charge < -0.3 is 10.4 Å². The van der Waals surface area contributed by atoms with Crippen LogP contribution in [0.15, 0.2) is 54.6 Å². The van der Waals surface area contributed by atoms with E-state index in [9.17, 15) is 14.3 Å². The molecule has 2 atom stereocenters.